The van der Waals surface area contributed by atoms with Crippen LogP contribution in [0.5, 0.6) is 0 Å². The Kier molecular flexibility index (Phi) is 5.95. The summed E-state index contributed by atoms with van der Waals surface area (Å²) in [5, 5.41) is 3.35. The van der Waals surface area contributed by atoms with Gasteiger partial charge in [0.05, 0.1) is 9.92 Å². The lowest BCUT2D eigenvalue weighted by molar-refractivity contribution is 0.268. The van der Waals surface area contributed by atoms with Crippen molar-refractivity contribution in [2.45, 2.75) is 4.90 Å². The highest BCUT2D eigenvalue weighted by molar-refractivity contribution is 7.89. The van der Waals surface area contributed by atoms with Gasteiger partial charge in [0.1, 0.15) is 11.6 Å². The van der Waals surface area contributed by atoms with Gasteiger partial charge in [-0.1, -0.05) is 11.6 Å². The molecule has 27 heavy (non-hydrogen) atoms. The van der Waals surface area contributed by atoms with Gasteiger partial charge in [-0.3, -0.25) is 0 Å². The second kappa shape index (κ2) is 8.05. The number of piperazine rings is 1. The van der Waals surface area contributed by atoms with Gasteiger partial charge in [-0.2, -0.15) is 4.31 Å². The second-order valence-electron chi connectivity index (χ2n) is 5.90. The Hall–Kier alpha value is -1.81. The summed E-state index contributed by atoms with van der Waals surface area (Å²) in [6.45, 7) is 1.26. The smallest absolute Gasteiger partial charge is 0.243 e. The highest BCUT2D eigenvalue weighted by Gasteiger charge is 2.29. The van der Waals surface area contributed by atoms with Crippen LogP contribution in [-0.4, -0.2) is 48.9 Å². The topological polar surface area (TPSA) is 52.7 Å². The highest BCUT2D eigenvalue weighted by Crippen LogP contribution is 2.21. The van der Waals surface area contributed by atoms with E-state index < -0.39 is 21.7 Å². The molecule has 0 saturated carbocycles. The van der Waals surface area contributed by atoms with Crippen LogP contribution in [0.15, 0.2) is 47.4 Å². The van der Waals surface area contributed by atoms with Crippen LogP contribution in [0.1, 0.15) is 0 Å². The minimum Gasteiger partial charge on any atom is -0.346 e. The molecule has 5 nitrogen and oxygen atoms in total. The van der Waals surface area contributed by atoms with Crippen LogP contribution in [0, 0.1) is 11.6 Å². The Morgan fingerprint density at radius 2 is 1.67 bits per heavy atom. The fraction of sp³-hybridized carbons (Fsp3) is 0.235. The quantitative estimate of drug-likeness (QED) is 0.755. The third-order valence-corrected chi connectivity index (χ3v) is 6.71. The Morgan fingerprint density at radius 1 is 1.04 bits per heavy atom. The van der Waals surface area contributed by atoms with Crippen LogP contribution < -0.4 is 5.32 Å². The summed E-state index contributed by atoms with van der Waals surface area (Å²) >= 11 is 11.1. The summed E-state index contributed by atoms with van der Waals surface area (Å²) in [5.74, 6) is -1.01. The number of benzene rings is 2. The molecule has 1 aliphatic heterocycles. The Balaban J connectivity index is 1.61. The van der Waals surface area contributed by atoms with E-state index in [9.17, 15) is 17.2 Å². The molecule has 2 aromatic carbocycles. The van der Waals surface area contributed by atoms with Gasteiger partial charge in [0.15, 0.2) is 5.11 Å². The Bertz CT molecular complexity index is 947. The molecular weight excluding hydrogens is 416 g/mol. The first-order chi connectivity index (χ1) is 12.8. The van der Waals surface area contributed by atoms with Gasteiger partial charge in [0, 0.05) is 31.9 Å². The minimum absolute atomic E-state index is 0.0157. The molecule has 0 radical (unpaired) electrons. The molecule has 1 N–H and O–H groups in total. The van der Waals surface area contributed by atoms with Crippen LogP contribution in [0.2, 0.25) is 5.02 Å². The van der Waals surface area contributed by atoms with Crippen LogP contribution >= 0.6 is 23.8 Å². The van der Waals surface area contributed by atoms with E-state index in [2.05, 4.69) is 5.32 Å². The van der Waals surface area contributed by atoms with Crippen molar-refractivity contribution in [2.24, 2.45) is 0 Å². The highest BCUT2D eigenvalue weighted by atomic mass is 35.5. The molecule has 0 bridgehead atoms. The number of nitrogens with zero attached hydrogens (tertiary/aromatic N) is 2. The van der Waals surface area contributed by atoms with Crippen molar-refractivity contribution < 1.29 is 17.2 Å². The third-order valence-electron chi connectivity index (χ3n) is 4.15. The van der Waals surface area contributed by atoms with Gasteiger partial charge in [0.25, 0.3) is 0 Å². The van der Waals surface area contributed by atoms with Crippen LogP contribution in [0.25, 0.3) is 0 Å². The lowest BCUT2D eigenvalue weighted by atomic mass is 10.3. The maximum absolute atomic E-state index is 13.2. The van der Waals surface area contributed by atoms with E-state index >= 15 is 0 Å². The summed E-state index contributed by atoms with van der Waals surface area (Å²) in [4.78, 5) is 1.88. The van der Waals surface area contributed by atoms with E-state index in [1.165, 1.54) is 34.6 Å². The minimum atomic E-state index is -3.68. The van der Waals surface area contributed by atoms with E-state index in [1.807, 2.05) is 4.90 Å². The number of thiocarbonyl (C=S) groups is 1. The van der Waals surface area contributed by atoms with E-state index in [0.29, 0.717) is 23.9 Å². The molecule has 0 spiro atoms. The maximum atomic E-state index is 13.2. The summed E-state index contributed by atoms with van der Waals surface area (Å²) < 4.78 is 52.8. The lowest BCUT2D eigenvalue weighted by Gasteiger charge is -2.35. The van der Waals surface area contributed by atoms with E-state index in [-0.39, 0.29) is 23.0 Å². The molecule has 1 saturated heterocycles. The Labute approximate surface area is 166 Å². The number of sulfonamides is 1. The van der Waals surface area contributed by atoms with Crippen LogP contribution in [0.3, 0.4) is 0 Å². The summed E-state index contributed by atoms with van der Waals surface area (Å²) in [6.07, 6.45) is 0. The number of hydrogen-bond donors (Lipinski definition) is 1. The van der Waals surface area contributed by atoms with E-state index in [0.717, 1.165) is 12.1 Å². The van der Waals surface area contributed by atoms with Crippen molar-refractivity contribution in [2.75, 3.05) is 31.5 Å². The molecule has 144 valence electrons. The monoisotopic (exact) mass is 431 g/mol. The van der Waals surface area contributed by atoms with Crippen molar-refractivity contribution in [3.63, 3.8) is 0 Å². The number of rotatable bonds is 3. The predicted octanol–water partition coefficient (Wildman–Crippen LogP) is 3.32. The standard InChI is InChI=1S/C17H16ClF2N3O2S2/c18-15-11-13(3-6-16(15)20)21-17(26)22-7-9-23(10-8-22)27(24,25)14-4-1-12(19)2-5-14/h1-6,11H,7-10H2,(H,21,26). The second-order valence-corrected chi connectivity index (χ2v) is 8.64. The number of anilines is 1. The van der Waals surface area contributed by atoms with Crippen molar-refractivity contribution in [3.05, 3.63) is 59.1 Å². The number of nitrogens with one attached hydrogen (secondary N) is 1. The summed E-state index contributed by atoms with van der Waals surface area (Å²) in [7, 11) is -3.68. The number of halogens is 3. The molecule has 1 heterocycles. The molecule has 0 amide bonds. The number of hydrogen-bond acceptors (Lipinski definition) is 3. The van der Waals surface area contributed by atoms with Gasteiger partial charge in [-0.15, -0.1) is 0 Å². The zero-order valence-electron chi connectivity index (χ0n) is 14.0. The molecule has 2 aromatic rings. The first-order valence-corrected chi connectivity index (χ1v) is 10.3. The van der Waals surface area contributed by atoms with Crippen LogP contribution in [-0.2, 0) is 10.0 Å². The van der Waals surface area contributed by atoms with E-state index in [4.69, 9.17) is 23.8 Å². The molecule has 0 aromatic heterocycles. The van der Waals surface area contributed by atoms with E-state index in [1.54, 1.807) is 0 Å². The first kappa shape index (κ1) is 19.9. The lowest BCUT2D eigenvalue weighted by Crippen LogP contribution is -2.51. The molecular formula is C17H16ClF2N3O2S2. The molecule has 0 atom stereocenters. The molecule has 1 fully saturated rings. The normalized spacial score (nSPS) is 15.6. The van der Waals surface area contributed by atoms with Gasteiger partial charge < -0.3 is 10.2 Å². The maximum Gasteiger partial charge on any atom is 0.243 e. The molecule has 10 heteroatoms. The fourth-order valence-corrected chi connectivity index (χ4v) is 4.57. The summed E-state index contributed by atoms with van der Waals surface area (Å²) in [5.41, 5.74) is 0.549. The summed E-state index contributed by atoms with van der Waals surface area (Å²) in [6, 6.07) is 8.93. The average molecular weight is 432 g/mol. The molecule has 3 rings (SSSR count). The van der Waals surface area contributed by atoms with Crippen molar-refractivity contribution in [3.8, 4) is 0 Å². The molecule has 0 aliphatic carbocycles. The largest absolute Gasteiger partial charge is 0.346 e. The molecule has 0 unspecified atom stereocenters. The zero-order chi connectivity index (χ0) is 19.6. The van der Waals surface area contributed by atoms with Gasteiger partial charge >= 0.3 is 0 Å². The third kappa shape index (κ3) is 4.55. The van der Waals surface area contributed by atoms with Crippen molar-refractivity contribution in [1.82, 2.24) is 9.21 Å². The van der Waals surface area contributed by atoms with Gasteiger partial charge in [-0.25, -0.2) is 17.2 Å². The SMILES string of the molecule is O=S(=O)(c1ccc(F)cc1)N1CCN(C(=S)Nc2ccc(F)c(Cl)c2)CC1. The Morgan fingerprint density at radius 3 is 2.26 bits per heavy atom. The van der Waals surface area contributed by atoms with Crippen molar-refractivity contribution in [1.29, 1.82) is 0 Å². The predicted molar refractivity (Wildman–Crippen MR) is 104 cm³/mol. The zero-order valence-corrected chi connectivity index (χ0v) is 16.4. The van der Waals surface area contributed by atoms with Gasteiger partial charge in [-0.05, 0) is 54.7 Å². The average Bonchev–Trinajstić information content (AvgIpc) is 2.65. The first-order valence-electron chi connectivity index (χ1n) is 8.04. The van der Waals surface area contributed by atoms with Crippen LogP contribution in [0.4, 0.5) is 14.5 Å². The van der Waals surface area contributed by atoms with Gasteiger partial charge in [0.2, 0.25) is 10.0 Å². The fourth-order valence-electron chi connectivity index (χ4n) is 2.66. The molecule has 1 aliphatic rings. The van der Waals surface area contributed by atoms with Crippen molar-refractivity contribution >= 4 is 44.6 Å².